The molecule has 4 heteroatoms. The van der Waals surface area contributed by atoms with Gasteiger partial charge in [-0.1, -0.05) is 123 Å². The van der Waals surface area contributed by atoms with Crippen LogP contribution in [0.15, 0.2) is 89.2 Å². The highest BCUT2D eigenvalue weighted by Gasteiger charge is 2.36. The van der Waals surface area contributed by atoms with Crippen molar-refractivity contribution in [3.63, 3.8) is 0 Å². The summed E-state index contributed by atoms with van der Waals surface area (Å²) in [5.41, 5.74) is 3.94. The summed E-state index contributed by atoms with van der Waals surface area (Å²) in [6.45, 7) is 38.2. The van der Waals surface area contributed by atoms with Crippen molar-refractivity contribution in [3.8, 4) is 0 Å². The molecule has 1 aliphatic heterocycles. The number of hydrogen-bond acceptors (Lipinski definition) is 2. The predicted molar refractivity (Wildman–Crippen MR) is 200 cm³/mol. The summed E-state index contributed by atoms with van der Waals surface area (Å²) in [5, 5.41) is 11.5. The molecular formula is C39H73N3O. The molecule has 1 heterocycles. The zero-order valence-corrected chi connectivity index (χ0v) is 31.3. The van der Waals surface area contributed by atoms with Gasteiger partial charge in [-0.25, -0.2) is 0 Å². The standard InChI is InChI=1S/C30H49N3O.C3H6.3C2H6/c1-10-14-16-28(25(7)8)30(34)19-21-33(22-20-30)29(31-13-4)32(9)23-27(15-11-2)26(12-3)18-17-24(5)6;1-3-2;3*1-2/h10,12,14,16-18,23-24,34H,1,11,13,15,19-22H2,2-9H3;3H,1H2,2H3;3*1-2H3/b16-14-,18-17-,26-12+,27-23-,31-29?;;;;. The number of likely N-dealkylation sites (tertiary alicyclic amines) is 1. The van der Waals surface area contributed by atoms with Crippen LogP contribution in [-0.4, -0.2) is 53.1 Å². The molecule has 0 bridgehead atoms. The van der Waals surface area contributed by atoms with Crippen LogP contribution in [0.3, 0.4) is 0 Å². The van der Waals surface area contributed by atoms with E-state index >= 15 is 0 Å². The van der Waals surface area contributed by atoms with Gasteiger partial charge in [0.25, 0.3) is 0 Å². The maximum Gasteiger partial charge on any atom is 0.200 e. The molecule has 0 amide bonds. The maximum absolute atomic E-state index is 11.5. The molecule has 1 rings (SSSR count). The van der Waals surface area contributed by atoms with Crippen molar-refractivity contribution in [2.24, 2.45) is 10.9 Å². The van der Waals surface area contributed by atoms with E-state index in [1.165, 1.54) is 11.1 Å². The molecule has 0 atom stereocenters. The second-order valence-electron chi connectivity index (χ2n) is 10.1. The molecule has 1 aliphatic rings. The van der Waals surface area contributed by atoms with E-state index in [4.69, 9.17) is 4.99 Å². The van der Waals surface area contributed by atoms with E-state index in [1.807, 2.05) is 60.6 Å². The molecule has 4 nitrogen and oxygen atoms in total. The summed E-state index contributed by atoms with van der Waals surface area (Å²) in [6, 6.07) is 0. The minimum atomic E-state index is -0.812. The van der Waals surface area contributed by atoms with Crippen LogP contribution < -0.4 is 0 Å². The number of piperidine rings is 1. The summed E-state index contributed by atoms with van der Waals surface area (Å²) in [6.07, 6.45) is 19.8. The number of allylic oxidation sites excluding steroid dienone is 9. The largest absolute Gasteiger partial charge is 0.385 e. The zero-order chi connectivity index (χ0) is 34.4. The van der Waals surface area contributed by atoms with Crippen molar-refractivity contribution in [2.75, 3.05) is 26.7 Å². The number of aliphatic imine (C=N–C) groups is 1. The average Bonchev–Trinajstić information content (AvgIpc) is 3.00. The highest BCUT2D eigenvalue weighted by atomic mass is 16.3. The van der Waals surface area contributed by atoms with Crippen molar-refractivity contribution >= 4 is 5.96 Å². The molecule has 0 radical (unpaired) electrons. The maximum atomic E-state index is 11.5. The van der Waals surface area contributed by atoms with Gasteiger partial charge in [0.05, 0.1) is 5.60 Å². The summed E-state index contributed by atoms with van der Waals surface area (Å²) in [5.74, 6) is 1.49. The highest BCUT2D eigenvalue weighted by molar-refractivity contribution is 5.81. The Balaban J connectivity index is -0.000000761. The van der Waals surface area contributed by atoms with E-state index < -0.39 is 5.60 Å². The van der Waals surface area contributed by atoms with E-state index in [9.17, 15) is 5.11 Å². The van der Waals surface area contributed by atoms with Gasteiger partial charge in [0.15, 0.2) is 5.96 Å². The van der Waals surface area contributed by atoms with Gasteiger partial charge in [-0.15, -0.1) is 6.58 Å². The lowest BCUT2D eigenvalue weighted by Gasteiger charge is -2.42. The lowest BCUT2D eigenvalue weighted by atomic mass is 9.81. The van der Waals surface area contributed by atoms with Crippen LogP contribution in [0.1, 0.15) is 123 Å². The quantitative estimate of drug-likeness (QED) is 0.117. The Hall–Kier alpha value is -2.59. The molecule has 0 saturated carbocycles. The molecule has 0 aromatic heterocycles. The molecule has 0 aromatic carbocycles. The minimum absolute atomic E-state index is 0.520. The van der Waals surface area contributed by atoms with Crippen molar-refractivity contribution in [1.82, 2.24) is 9.80 Å². The molecule has 1 saturated heterocycles. The molecule has 1 fully saturated rings. The van der Waals surface area contributed by atoms with Gasteiger partial charge >= 0.3 is 0 Å². The number of rotatable bonds is 10. The first-order valence-electron chi connectivity index (χ1n) is 16.9. The van der Waals surface area contributed by atoms with Crippen LogP contribution in [0.5, 0.6) is 0 Å². The molecular weight excluding hydrogens is 526 g/mol. The SMILES string of the molecule is C=C/C=C\C(=C(C)C)C1(O)CCN(C(=NCC)N(C)\C=C(CCC)/C(/C=C\C(C)C)=C/C)CC1.C=CC.CC.CC.CC. The third-order valence-electron chi connectivity index (χ3n) is 6.14. The topological polar surface area (TPSA) is 39.1 Å². The van der Waals surface area contributed by atoms with Crippen LogP contribution in [0, 0.1) is 5.92 Å². The van der Waals surface area contributed by atoms with Gasteiger partial charge in [0.1, 0.15) is 0 Å². The van der Waals surface area contributed by atoms with Crippen LogP contribution in [0.4, 0.5) is 0 Å². The van der Waals surface area contributed by atoms with Gasteiger partial charge in [0.2, 0.25) is 0 Å². The smallest absolute Gasteiger partial charge is 0.200 e. The summed E-state index contributed by atoms with van der Waals surface area (Å²) < 4.78 is 0. The fourth-order valence-electron chi connectivity index (χ4n) is 4.40. The van der Waals surface area contributed by atoms with E-state index in [-0.39, 0.29) is 0 Å². The van der Waals surface area contributed by atoms with Crippen molar-refractivity contribution < 1.29 is 5.11 Å². The molecule has 0 spiro atoms. The van der Waals surface area contributed by atoms with Gasteiger partial charge < -0.3 is 14.9 Å². The van der Waals surface area contributed by atoms with Gasteiger partial charge in [0, 0.05) is 32.9 Å². The Labute approximate surface area is 270 Å². The minimum Gasteiger partial charge on any atom is -0.385 e. The normalized spacial score (nSPS) is 14.7. The molecule has 1 N–H and O–H groups in total. The molecule has 250 valence electrons. The van der Waals surface area contributed by atoms with E-state index in [0.717, 1.165) is 49.6 Å². The molecule has 0 unspecified atom stereocenters. The second kappa shape index (κ2) is 30.9. The van der Waals surface area contributed by atoms with Crippen molar-refractivity contribution in [3.05, 3.63) is 84.2 Å². The first-order valence-corrected chi connectivity index (χ1v) is 16.9. The van der Waals surface area contributed by atoms with Gasteiger partial charge in [-0.2, -0.15) is 0 Å². The van der Waals surface area contributed by atoms with Gasteiger partial charge in [-0.3, -0.25) is 4.99 Å². The van der Waals surface area contributed by atoms with Crippen molar-refractivity contribution in [1.29, 1.82) is 0 Å². The monoisotopic (exact) mass is 600 g/mol. The second-order valence-corrected chi connectivity index (χ2v) is 10.1. The molecule has 0 aromatic rings. The predicted octanol–water partition coefficient (Wildman–Crippen LogP) is 11.3. The van der Waals surface area contributed by atoms with Crippen molar-refractivity contribution in [2.45, 2.75) is 128 Å². The zero-order valence-electron chi connectivity index (χ0n) is 31.3. The Morgan fingerprint density at radius 2 is 1.49 bits per heavy atom. The third-order valence-corrected chi connectivity index (χ3v) is 6.14. The number of hydrogen-bond donors (Lipinski definition) is 1. The Kier molecular flexibility index (Phi) is 34.0. The summed E-state index contributed by atoms with van der Waals surface area (Å²) in [4.78, 5) is 9.35. The Morgan fingerprint density at radius 3 is 1.86 bits per heavy atom. The Morgan fingerprint density at radius 1 is 0.977 bits per heavy atom. The average molecular weight is 600 g/mol. The van der Waals surface area contributed by atoms with E-state index in [2.05, 4.69) is 103 Å². The summed E-state index contributed by atoms with van der Waals surface area (Å²) in [7, 11) is 2.10. The lowest BCUT2D eigenvalue weighted by molar-refractivity contribution is 0.0263. The first kappa shape index (κ1) is 47.3. The van der Waals surface area contributed by atoms with Crippen LogP contribution >= 0.6 is 0 Å². The van der Waals surface area contributed by atoms with E-state index in [1.54, 1.807) is 12.2 Å². The molecule has 43 heavy (non-hydrogen) atoms. The van der Waals surface area contributed by atoms with Crippen LogP contribution in [-0.2, 0) is 0 Å². The number of nitrogens with zero attached hydrogens (tertiary/aromatic N) is 3. The lowest BCUT2D eigenvalue weighted by Crippen LogP contribution is -2.50. The van der Waals surface area contributed by atoms with Crippen LogP contribution in [0.2, 0.25) is 0 Å². The fraction of sp³-hybridized carbons (Fsp3) is 0.615. The fourth-order valence-corrected chi connectivity index (χ4v) is 4.40. The molecule has 0 aliphatic carbocycles. The number of guanidine groups is 1. The van der Waals surface area contributed by atoms with Crippen LogP contribution in [0.25, 0.3) is 0 Å². The van der Waals surface area contributed by atoms with Gasteiger partial charge in [-0.05, 0) is 76.5 Å². The highest BCUT2D eigenvalue weighted by Crippen LogP contribution is 2.33. The first-order chi connectivity index (χ1) is 20.5. The summed E-state index contributed by atoms with van der Waals surface area (Å²) >= 11 is 0. The third kappa shape index (κ3) is 20.1. The Bertz CT molecular complexity index is 872. The van der Waals surface area contributed by atoms with E-state index in [0.29, 0.717) is 18.8 Å². The number of aliphatic hydroxyl groups is 1.